The van der Waals surface area contributed by atoms with Gasteiger partial charge in [-0.05, 0) is 29.8 Å². The molecule has 0 saturated carbocycles. The zero-order valence-corrected chi connectivity index (χ0v) is 10.7. The fourth-order valence-corrected chi connectivity index (χ4v) is 3.15. The van der Waals surface area contributed by atoms with Crippen LogP contribution in [-0.2, 0) is 5.75 Å². The van der Waals surface area contributed by atoms with Crippen LogP contribution in [0.25, 0.3) is 0 Å². The summed E-state index contributed by atoms with van der Waals surface area (Å²) in [7, 11) is 0. The summed E-state index contributed by atoms with van der Waals surface area (Å²) >= 11 is 1.78. The molecule has 0 bridgehead atoms. The smallest absolute Gasteiger partial charge is 0.406 e. The first kappa shape index (κ1) is 13.5. The quantitative estimate of drug-likeness (QED) is 0.914. The molecule has 1 heterocycles. The van der Waals surface area contributed by atoms with Gasteiger partial charge in [-0.1, -0.05) is 13.0 Å². The van der Waals surface area contributed by atoms with Crippen molar-refractivity contribution in [2.24, 2.45) is 0 Å². The molecule has 1 aliphatic heterocycles. The number of rotatable bonds is 3. The lowest BCUT2D eigenvalue weighted by molar-refractivity contribution is -0.274. The molecular weight excluding hydrogens is 263 g/mol. The topological polar surface area (TPSA) is 21.3 Å². The zero-order chi connectivity index (χ0) is 13.2. The maximum atomic E-state index is 12.2. The van der Waals surface area contributed by atoms with Crippen molar-refractivity contribution >= 4 is 11.8 Å². The molecule has 100 valence electrons. The predicted molar refractivity (Wildman–Crippen MR) is 65.7 cm³/mol. The Balaban J connectivity index is 2.25. The van der Waals surface area contributed by atoms with E-state index in [1.54, 1.807) is 17.8 Å². The van der Waals surface area contributed by atoms with Crippen LogP contribution in [0.1, 0.15) is 24.1 Å². The first-order chi connectivity index (χ1) is 8.49. The van der Waals surface area contributed by atoms with E-state index in [1.165, 1.54) is 12.1 Å². The summed E-state index contributed by atoms with van der Waals surface area (Å²) in [5.74, 6) is 1.57. The van der Waals surface area contributed by atoms with E-state index in [4.69, 9.17) is 0 Å². The summed E-state index contributed by atoms with van der Waals surface area (Å²) in [5, 5.41) is 3.27. The molecule has 0 radical (unpaired) electrons. The van der Waals surface area contributed by atoms with Crippen molar-refractivity contribution < 1.29 is 17.9 Å². The third kappa shape index (κ3) is 3.32. The molecule has 0 fully saturated rings. The van der Waals surface area contributed by atoms with Crippen LogP contribution < -0.4 is 10.1 Å². The average Bonchev–Trinajstić information content (AvgIpc) is 2.28. The summed E-state index contributed by atoms with van der Waals surface area (Å²) in [6, 6.07) is 4.69. The van der Waals surface area contributed by atoms with Gasteiger partial charge in [-0.25, -0.2) is 0 Å². The minimum Gasteiger partial charge on any atom is -0.406 e. The Hall–Kier alpha value is -0.880. The highest BCUT2D eigenvalue weighted by Gasteiger charge is 2.31. The molecule has 6 heteroatoms. The fraction of sp³-hybridized carbons (Fsp3) is 0.500. The minimum absolute atomic E-state index is 0.0977. The van der Waals surface area contributed by atoms with Crippen molar-refractivity contribution in [3.63, 3.8) is 0 Å². The minimum atomic E-state index is -4.63. The highest BCUT2D eigenvalue weighted by Crippen LogP contribution is 2.35. The number of nitrogens with one attached hydrogen (secondary N) is 1. The number of fused-ring (bicyclic) bond motifs is 1. The van der Waals surface area contributed by atoms with E-state index < -0.39 is 6.36 Å². The molecule has 1 aromatic rings. The van der Waals surface area contributed by atoms with Crippen molar-refractivity contribution in [3.8, 4) is 5.75 Å². The number of hydrogen-bond donors (Lipinski definition) is 1. The lowest BCUT2D eigenvalue weighted by atomic mass is 10.0. The van der Waals surface area contributed by atoms with E-state index in [1.807, 2.05) is 6.92 Å². The maximum Gasteiger partial charge on any atom is 0.573 e. The van der Waals surface area contributed by atoms with Crippen LogP contribution in [0.4, 0.5) is 13.2 Å². The number of hydrogen-bond acceptors (Lipinski definition) is 3. The Morgan fingerprint density at radius 2 is 2.22 bits per heavy atom. The molecule has 2 rings (SSSR count). The lowest BCUT2D eigenvalue weighted by Crippen LogP contribution is -2.26. The van der Waals surface area contributed by atoms with Gasteiger partial charge < -0.3 is 10.1 Å². The standard InChI is InChI=1S/C12H14F3NOS/c1-2-16-11-7-18-6-8-3-4-9(5-10(8)11)17-12(13,14)15/h3-5,11,16H,2,6-7H2,1H3. The van der Waals surface area contributed by atoms with Crippen LogP contribution in [0, 0.1) is 0 Å². The second-order valence-corrected chi connectivity index (χ2v) is 5.06. The first-order valence-corrected chi connectivity index (χ1v) is 6.85. The normalized spacial score (nSPS) is 19.4. The van der Waals surface area contributed by atoms with Crippen LogP contribution in [0.2, 0.25) is 0 Å². The van der Waals surface area contributed by atoms with E-state index in [-0.39, 0.29) is 11.8 Å². The molecule has 0 aromatic heterocycles. The molecule has 1 atom stereocenters. The lowest BCUT2D eigenvalue weighted by Gasteiger charge is -2.26. The van der Waals surface area contributed by atoms with Crippen molar-refractivity contribution in [2.45, 2.75) is 25.1 Å². The molecule has 2 nitrogen and oxygen atoms in total. The number of alkyl halides is 3. The van der Waals surface area contributed by atoms with Crippen molar-refractivity contribution in [2.75, 3.05) is 12.3 Å². The van der Waals surface area contributed by atoms with Gasteiger partial charge in [0.1, 0.15) is 5.75 Å². The molecule has 0 aliphatic carbocycles. The molecule has 1 aromatic carbocycles. The summed E-state index contributed by atoms with van der Waals surface area (Å²) in [6.07, 6.45) is -4.63. The van der Waals surface area contributed by atoms with Crippen LogP contribution in [0.5, 0.6) is 5.75 Å². The van der Waals surface area contributed by atoms with Crippen LogP contribution >= 0.6 is 11.8 Å². The second-order valence-electron chi connectivity index (χ2n) is 4.03. The molecule has 1 N–H and O–H groups in total. The Morgan fingerprint density at radius 1 is 1.44 bits per heavy atom. The Bertz CT molecular complexity index is 422. The summed E-state index contributed by atoms with van der Waals surface area (Å²) in [6.45, 7) is 2.77. The molecule has 1 unspecified atom stereocenters. The second kappa shape index (κ2) is 5.40. The Morgan fingerprint density at radius 3 is 2.89 bits per heavy atom. The summed E-state index contributed by atoms with van der Waals surface area (Å²) in [4.78, 5) is 0. The third-order valence-corrected chi connectivity index (χ3v) is 3.80. The van der Waals surface area contributed by atoms with Crippen LogP contribution in [-0.4, -0.2) is 18.7 Å². The summed E-state index contributed by atoms with van der Waals surface area (Å²) < 4.78 is 40.5. The van der Waals surface area contributed by atoms with E-state index in [0.29, 0.717) is 0 Å². The van der Waals surface area contributed by atoms with Gasteiger partial charge in [0.05, 0.1) is 0 Å². The number of ether oxygens (including phenoxy) is 1. The predicted octanol–water partition coefficient (Wildman–Crippen LogP) is 3.48. The molecule has 1 aliphatic rings. The van der Waals surface area contributed by atoms with Crippen molar-refractivity contribution in [3.05, 3.63) is 29.3 Å². The fourth-order valence-electron chi connectivity index (χ4n) is 2.02. The summed E-state index contributed by atoms with van der Waals surface area (Å²) in [5.41, 5.74) is 1.99. The van der Waals surface area contributed by atoms with Gasteiger partial charge in [0.25, 0.3) is 0 Å². The Labute approximate surface area is 108 Å². The van der Waals surface area contributed by atoms with Gasteiger partial charge in [0, 0.05) is 17.5 Å². The van der Waals surface area contributed by atoms with Crippen molar-refractivity contribution in [1.82, 2.24) is 5.32 Å². The Kier molecular flexibility index (Phi) is 4.07. The molecule has 0 amide bonds. The van der Waals surface area contributed by atoms with Gasteiger partial charge in [-0.3, -0.25) is 0 Å². The van der Waals surface area contributed by atoms with Gasteiger partial charge in [-0.2, -0.15) is 11.8 Å². The molecule has 18 heavy (non-hydrogen) atoms. The first-order valence-electron chi connectivity index (χ1n) is 5.69. The van der Waals surface area contributed by atoms with Gasteiger partial charge in [-0.15, -0.1) is 13.2 Å². The van der Waals surface area contributed by atoms with E-state index >= 15 is 0 Å². The van der Waals surface area contributed by atoms with Gasteiger partial charge in [0.15, 0.2) is 0 Å². The number of thioether (sulfide) groups is 1. The zero-order valence-electron chi connectivity index (χ0n) is 9.88. The molecule has 0 spiro atoms. The SMILES string of the molecule is CCNC1CSCc2ccc(OC(F)(F)F)cc21. The highest BCUT2D eigenvalue weighted by atomic mass is 32.2. The van der Waals surface area contributed by atoms with Gasteiger partial charge >= 0.3 is 6.36 Å². The highest BCUT2D eigenvalue weighted by molar-refractivity contribution is 7.98. The van der Waals surface area contributed by atoms with Gasteiger partial charge in [0.2, 0.25) is 0 Å². The van der Waals surface area contributed by atoms with Crippen molar-refractivity contribution in [1.29, 1.82) is 0 Å². The number of benzene rings is 1. The monoisotopic (exact) mass is 277 g/mol. The van der Waals surface area contributed by atoms with Crippen LogP contribution in [0.3, 0.4) is 0 Å². The van der Waals surface area contributed by atoms with E-state index in [9.17, 15) is 13.2 Å². The van der Waals surface area contributed by atoms with E-state index in [0.717, 1.165) is 29.2 Å². The van der Waals surface area contributed by atoms with E-state index in [2.05, 4.69) is 10.1 Å². The number of halogens is 3. The molecular formula is C12H14F3NOS. The third-order valence-electron chi connectivity index (χ3n) is 2.72. The average molecular weight is 277 g/mol. The molecule has 0 saturated heterocycles. The largest absolute Gasteiger partial charge is 0.573 e. The maximum absolute atomic E-state index is 12.2. The van der Waals surface area contributed by atoms with Crippen LogP contribution in [0.15, 0.2) is 18.2 Å².